The first-order chi connectivity index (χ1) is 7.63. The number of hydrogen-bond acceptors (Lipinski definition) is 3. The Morgan fingerprint density at radius 1 is 1.31 bits per heavy atom. The van der Waals surface area contributed by atoms with E-state index < -0.39 is 0 Å². The van der Waals surface area contributed by atoms with Crippen LogP contribution in [0.15, 0.2) is 0 Å². The van der Waals surface area contributed by atoms with Gasteiger partial charge in [0.1, 0.15) is 0 Å². The molecule has 0 saturated heterocycles. The van der Waals surface area contributed by atoms with Gasteiger partial charge >= 0.3 is 0 Å². The number of nitrogens with one attached hydrogen (secondary N) is 1. The van der Waals surface area contributed by atoms with E-state index in [-0.39, 0.29) is 11.9 Å². The van der Waals surface area contributed by atoms with Gasteiger partial charge in [0.15, 0.2) is 0 Å². The Morgan fingerprint density at radius 2 is 1.94 bits per heavy atom. The maximum absolute atomic E-state index is 11.5. The molecular weight excluding hydrogens is 202 g/mol. The fourth-order valence-corrected chi connectivity index (χ4v) is 1.68. The normalized spacial score (nSPS) is 12.8. The highest BCUT2D eigenvalue weighted by atomic mass is 16.1. The summed E-state index contributed by atoms with van der Waals surface area (Å²) in [4.78, 5) is 13.8. The van der Waals surface area contributed by atoms with Crippen molar-refractivity contribution < 1.29 is 4.79 Å². The quantitative estimate of drug-likeness (QED) is 0.619. The number of likely N-dealkylation sites (N-methyl/N-ethyl adjacent to an activating group) is 1. The zero-order chi connectivity index (χ0) is 12.4. The maximum Gasteiger partial charge on any atom is 0.221 e. The summed E-state index contributed by atoms with van der Waals surface area (Å²) in [5, 5.41) is 2.91. The summed E-state index contributed by atoms with van der Waals surface area (Å²) in [5.74, 6) is 0.0770. The molecule has 1 atom stereocenters. The minimum atomic E-state index is 0.0125. The molecule has 4 heteroatoms. The third kappa shape index (κ3) is 7.65. The Bertz CT molecular complexity index is 181. The summed E-state index contributed by atoms with van der Waals surface area (Å²) in [6.45, 7) is 10.0. The Balaban J connectivity index is 3.57. The van der Waals surface area contributed by atoms with Crippen LogP contribution in [0.2, 0.25) is 0 Å². The molecule has 0 bridgehead atoms. The third-order valence-corrected chi connectivity index (χ3v) is 2.75. The summed E-state index contributed by atoms with van der Waals surface area (Å²) in [7, 11) is 0. The van der Waals surface area contributed by atoms with Crippen LogP contribution in [-0.4, -0.2) is 43.0 Å². The Kier molecular flexibility index (Phi) is 9.24. The lowest BCUT2D eigenvalue weighted by Crippen LogP contribution is -2.37. The van der Waals surface area contributed by atoms with Crippen molar-refractivity contribution in [3.05, 3.63) is 0 Å². The van der Waals surface area contributed by atoms with Gasteiger partial charge in [0.25, 0.3) is 0 Å². The van der Waals surface area contributed by atoms with Crippen molar-refractivity contribution in [2.75, 3.05) is 26.2 Å². The van der Waals surface area contributed by atoms with E-state index >= 15 is 0 Å². The smallest absolute Gasteiger partial charge is 0.221 e. The Hall–Kier alpha value is -0.610. The van der Waals surface area contributed by atoms with Gasteiger partial charge in [-0.25, -0.2) is 0 Å². The first-order valence-corrected chi connectivity index (χ1v) is 6.38. The summed E-state index contributed by atoms with van der Waals surface area (Å²) >= 11 is 0. The lowest BCUT2D eigenvalue weighted by atomic mass is 10.1. The predicted molar refractivity (Wildman–Crippen MR) is 68.3 cm³/mol. The largest absolute Gasteiger partial charge is 0.355 e. The average molecular weight is 229 g/mol. The lowest BCUT2D eigenvalue weighted by Gasteiger charge is -2.18. The molecule has 16 heavy (non-hydrogen) atoms. The minimum Gasteiger partial charge on any atom is -0.355 e. The van der Waals surface area contributed by atoms with Crippen molar-refractivity contribution in [2.45, 2.75) is 46.1 Å². The highest BCUT2D eigenvalue weighted by Gasteiger charge is 2.08. The van der Waals surface area contributed by atoms with Gasteiger partial charge in [-0.1, -0.05) is 27.2 Å². The van der Waals surface area contributed by atoms with E-state index in [2.05, 4.69) is 31.0 Å². The van der Waals surface area contributed by atoms with Crippen LogP contribution < -0.4 is 11.1 Å². The van der Waals surface area contributed by atoms with E-state index in [1.807, 2.05) is 0 Å². The van der Waals surface area contributed by atoms with Crippen molar-refractivity contribution in [1.29, 1.82) is 0 Å². The van der Waals surface area contributed by atoms with Gasteiger partial charge in [-0.2, -0.15) is 0 Å². The Morgan fingerprint density at radius 3 is 2.44 bits per heavy atom. The first kappa shape index (κ1) is 15.4. The maximum atomic E-state index is 11.5. The summed E-state index contributed by atoms with van der Waals surface area (Å²) < 4.78 is 0. The SMILES string of the molecule is CCCC(N)CC(=O)NCCN(CC)CC. The van der Waals surface area contributed by atoms with Gasteiger partial charge in [-0.3, -0.25) is 4.79 Å². The molecule has 1 unspecified atom stereocenters. The van der Waals surface area contributed by atoms with Crippen LogP contribution in [0.4, 0.5) is 0 Å². The van der Waals surface area contributed by atoms with Gasteiger partial charge < -0.3 is 16.0 Å². The summed E-state index contributed by atoms with van der Waals surface area (Å²) in [5.41, 5.74) is 5.80. The van der Waals surface area contributed by atoms with Gasteiger partial charge in [-0.05, 0) is 19.5 Å². The number of nitrogens with zero attached hydrogens (tertiary/aromatic N) is 1. The molecule has 0 saturated carbocycles. The topological polar surface area (TPSA) is 58.4 Å². The van der Waals surface area contributed by atoms with Gasteiger partial charge in [-0.15, -0.1) is 0 Å². The molecule has 0 aliphatic carbocycles. The van der Waals surface area contributed by atoms with Crippen molar-refractivity contribution >= 4 is 5.91 Å². The highest BCUT2D eigenvalue weighted by Crippen LogP contribution is 1.97. The van der Waals surface area contributed by atoms with Crippen LogP contribution in [0.25, 0.3) is 0 Å². The number of carbonyl (C=O) groups is 1. The standard InChI is InChI=1S/C12H27N3O/c1-4-7-11(13)10-12(16)14-8-9-15(5-2)6-3/h11H,4-10,13H2,1-3H3,(H,14,16). The molecule has 0 aromatic rings. The van der Waals surface area contributed by atoms with Gasteiger partial charge in [0.05, 0.1) is 0 Å². The molecule has 0 aliphatic heterocycles. The van der Waals surface area contributed by atoms with E-state index in [1.165, 1.54) is 0 Å². The molecule has 0 rings (SSSR count). The third-order valence-electron chi connectivity index (χ3n) is 2.75. The number of nitrogens with two attached hydrogens (primary N) is 1. The van der Waals surface area contributed by atoms with Crippen LogP contribution in [-0.2, 0) is 4.79 Å². The minimum absolute atomic E-state index is 0.0125. The van der Waals surface area contributed by atoms with Crippen LogP contribution in [0.5, 0.6) is 0 Å². The van der Waals surface area contributed by atoms with Crippen molar-refractivity contribution in [3.8, 4) is 0 Å². The fraction of sp³-hybridized carbons (Fsp3) is 0.917. The molecule has 0 aromatic carbocycles. The number of amides is 1. The molecule has 0 aromatic heterocycles. The predicted octanol–water partition coefficient (Wildman–Crippen LogP) is 0.962. The molecule has 3 N–H and O–H groups in total. The average Bonchev–Trinajstić information content (AvgIpc) is 2.24. The molecule has 0 spiro atoms. The Labute approximate surface area is 99.6 Å². The van der Waals surface area contributed by atoms with E-state index in [4.69, 9.17) is 5.73 Å². The number of carbonyl (C=O) groups excluding carboxylic acids is 1. The van der Waals surface area contributed by atoms with E-state index in [0.717, 1.165) is 39.0 Å². The molecule has 4 nitrogen and oxygen atoms in total. The van der Waals surface area contributed by atoms with Crippen LogP contribution in [0.1, 0.15) is 40.0 Å². The number of hydrogen-bond donors (Lipinski definition) is 2. The molecule has 1 amide bonds. The first-order valence-electron chi connectivity index (χ1n) is 6.38. The number of rotatable bonds is 9. The second-order valence-corrected chi connectivity index (χ2v) is 4.13. The zero-order valence-corrected chi connectivity index (χ0v) is 11.0. The lowest BCUT2D eigenvalue weighted by molar-refractivity contribution is -0.121. The van der Waals surface area contributed by atoms with Crippen LogP contribution in [0.3, 0.4) is 0 Å². The molecule has 0 heterocycles. The van der Waals surface area contributed by atoms with E-state index in [9.17, 15) is 4.79 Å². The van der Waals surface area contributed by atoms with Crippen molar-refractivity contribution in [3.63, 3.8) is 0 Å². The van der Waals surface area contributed by atoms with E-state index in [0.29, 0.717) is 6.42 Å². The highest BCUT2D eigenvalue weighted by molar-refractivity contribution is 5.76. The van der Waals surface area contributed by atoms with Gasteiger partial charge in [0.2, 0.25) is 5.91 Å². The van der Waals surface area contributed by atoms with E-state index in [1.54, 1.807) is 0 Å². The zero-order valence-electron chi connectivity index (χ0n) is 11.0. The summed E-state index contributed by atoms with van der Waals surface area (Å²) in [6, 6.07) is 0.0125. The molecular formula is C12H27N3O. The van der Waals surface area contributed by atoms with Crippen LogP contribution >= 0.6 is 0 Å². The molecule has 0 aliphatic rings. The fourth-order valence-electron chi connectivity index (χ4n) is 1.68. The van der Waals surface area contributed by atoms with Crippen molar-refractivity contribution in [1.82, 2.24) is 10.2 Å². The van der Waals surface area contributed by atoms with Gasteiger partial charge in [0, 0.05) is 25.6 Å². The monoisotopic (exact) mass is 229 g/mol. The summed E-state index contributed by atoms with van der Waals surface area (Å²) in [6.07, 6.45) is 2.41. The van der Waals surface area contributed by atoms with Crippen LogP contribution in [0, 0.1) is 0 Å². The van der Waals surface area contributed by atoms with Crippen molar-refractivity contribution in [2.24, 2.45) is 5.73 Å². The molecule has 0 fully saturated rings. The molecule has 96 valence electrons. The second kappa shape index (κ2) is 9.60. The second-order valence-electron chi connectivity index (χ2n) is 4.13. The molecule has 0 radical (unpaired) electrons.